The zero-order chi connectivity index (χ0) is 20.5. The zero-order valence-electron chi connectivity index (χ0n) is 15.2. The second-order valence-corrected chi connectivity index (χ2v) is 7.93. The molecule has 9 heteroatoms. The van der Waals surface area contributed by atoms with E-state index in [2.05, 4.69) is 20.9 Å². The van der Waals surface area contributed by atoms with Crippen LogP contribution in [0.25, 0.3) is 22.1 Å². The number of ether oxygens (including phenoxy) is 2. The molecule has 2 aromatic heterocycles. The van der Waals surface area contributed by atoms with E-state index < -0.39 is 12.6 Å². The minimum Gasteiger partial charge on any atom is -0.490 e. The molecule has 29 heavy (non-hydrogen) atoms. The number of aliphatic carboxylic acids is 1. The van der Waals surface area contributed by atoms with Crippen LogP contribution >= 0.6 is 27.3 Å². The van der Waals surface area contributed by atoms with Gasteiger partial charge in [0.1, 0.15) is 0 Å². The summed E-state index contributed by atoms with van der Waals surface area (Å²) in [6, 6.07) is 10.8. The van der Waals surface area contributed by atoms with Crippen LogP contribution in [0.5, 0.6) is 11.5 Å². The van der Waals surface area contributed by atoms with Crippen molar-refractivity contribution in [3.05, 3.63) is 61.3 Å². The van der Waals surface area contributed by atoms with E-state index in [1.54, 1.807) is 22.6 Å². The second-order valence-electron chi connectivity index (χ2n) is 6.07. The number of nitrogens with zero attached hydrogens (tertiary/aromatic N) is 2. The predicted molar refractivity (Wildman–Crippen MR) is 114 cm³/mol. The molecule has 0 aliphatic carbocycles. The van der Waals surface area contributed by atoms with E-state index >= 15 is 0 Å². The number of benzene rings is 2. The van der Waals surface area contributed by atoms with E-state index in [1.165, 1.54) is 11.3 Å². The van der Waals surface area contributed by atoms with Crippen LogP contribution in [-0.4, -0.2) is 33.7 Å². The molecule has 2 aromatic carbocycles. The standard InChI is InChI=1S/C20H15BrN2O5S/c1-2-27-15-7-11(12(21)9-16(15)28-10-18(24)25)8-17-19(26)23-14-6-4-3-5-13(14)22-20(23)29-17/h3-9H,2,10H2,1H3,(H,24,25). The Bertz CT molecular complexity index is 1340. The topological polar surface area (TPSA) is 90.1 Å². The molecular formula is C20H15BrN2O5S. The summed E-state index contributed by atoms with van der Waals surface area (Å²) in [5, 5.41) is 8.84. The van der Waals surface area contributed by atoms with Gasteiger partial charge in [-0.1, -0.05) is 39.4 Å². The molecule has 0 aliphatic rings. The molecule has 0 unspecified atom stereocenters. The smallest absolute Gasteiger partial charge is 0.341 e. The van der Waals surface area contributed by atoms with Gasteiger partial charge in [0.05, 0.1) is 22.2 Å². The molecule has 0 aliphatic heterocycles. The highest BCUT2D eigenvalue weighted by Crippen LogP contribution is 2.34. The highest BCUT2D eigenvalue weighted by atomic mass is 79.9. The molecular weight excluding hydrogens is 460 g/mol. The van der Waals surface area contributed by atoms with Crippen molar-refractivity contribution < 1.29 is 19.4 Å². The zero-order valence-corrected chi connectivity index (χ0v) is 17.6. The molecule has 2 heterocycles. The van der Waals surface area contributed by atoms with Crippen molar-refractivity contribution in [3.63, 3.8) is 0 Å². The van der Waals surface area contributed by atoms with Crippen molar-refractivity contribution in [2.75, 3.05) is 13.2 Å². The van der Waals surface area contributed by atoms with Gasteiger partial charge in [-0.15, -0.1) is 0 Å². The fraction of sp³-hybridized carbons (Fsp3) is 0.150. The van der Waals surface area contributed by atoms with Gasteiger partial charge < -0.3 is 14.6 Å². The van der Waals surface area contributed by atoms with Gasteiger partial charge in [0.25, 0.3) is 5.56 Å². The Morgan fingerprint density at radius 2 is 2.03 bits per heavy atom. The molecule has 0 saturated carbocycles. The number of imidazole rings is 1. The van der Waals surface area contributed by atoms with Gasteiger partial charge in [-0.05, 0) is 42.8 Å². The Labute approximate surface area is 176 Å². The molecule has 0 bridgehead atoms. The number of carboxylic acid groups (broad SMARTS) is 1. The average molecular weight is 475 g/mol. The number of rotatable bonds is 6. The molecule has 0 fully saturated rings. The highest BCUT2D eigenvalue weighted by Gasteiger charge is 2.14. The molecule has 7 nitrogen and oxygen atoms in total. The molecule has 1 N–H and O–H groups in total. The molecule has 4 aromatic rings. The largest absolute Gasteiger partial charge is 0.490 e. The van der Waals surface area contributed by atoms with Gasteiger partial charge in [0.15, 0.2) is 23.1 Å². The number of carbonyl (C=O) groups is 1. The predicted octanol–water partition coefficient (Wildman–Crippen LogP) is 3.08. The van der Waals surface area contributed by atoms with Crippen molar-refractivity contribution in [1.29, 1.82) is 0 Å². The number of carboxylic acids is 1. The second kappa shape index (κ2) is 7.84. The summed E-state index contributed by atoms with van der Waals surface area (Å²) in [4.78, 5) is 28.9. The van der Waals surface area contributed by atoms with E-state index in [0.29, 0.717) is 37.6 Å². The van der Waals surface area contributed by atoms with Gasteiger partial charge in [0, 0.05) is 4.47 Å². The Kier molecular flexibility index (Phi) is 5.25. The Balaban J connectivity index is 1.83. The lowest BCUT2D eigenvalue weighted by molar-refractivity contribution is -0.139. The number of hydrogen-bond acceptors (Lipinski definition) is 6. The lowest BCUT2D eigenvalue weighted by atomic mass is 10.2. The Morgan fingerprint density at radius 1 is 1.28 bits per heavy atom. The highest BCUT2D eigenvalue weighted by molar-refractivity contribution is 9.10. The number of aromatic nitrogens is 2. The first-order valence-corrected chi connectivity index (χ1v) is 10.3. The van der Waals surface area contributed by atoms with Crippen LogP contribution < -0.4 is 19.6 Å². The van der Waals surface area contributed by atoms with Gasteiger partial charge in [-0.3, -0.25) is 4.79 Å². The maximum absolute atomic E-state index is 12.9. The Hall–Kier alpha value is -2.91. The van der Waals surface area contributed by atoms with Crippen LogP contribution in [0, 0.1) is 0 Å². The van der Waals surface area contributed by atoms with E-state index in [9.17, 15) is 9.59 Å². The van der Waals surface area contributed by atoms with Crippen molar-refractivity contribution in [1.82, 2.24) is 9.38 Å². The molecule has 4 rings (SSSR count). The normalized spacial score (nSPS) is 12.0. The van der Waals surface area contributed by atoms with E-state index in [1.807, 2.05) is 31.2 Å². The molecule has 0 radical (unpaired) electrons. The summed E-state index contributed by atoms with van der Waals surface area (Å²) < 4.78 is 13.7. The average Bonchev–Trinajstić information content (AvgIpc) is 3.19. The number of hydrogen-bond donors (Lipinski definition) is 1. The molecule has 0 saturated heterocycles. The maximum atomic E-state index is 12.9. The minimum atomic E-state index is -1.08. The first-order valence-electron chi connectivity index (χ1n) is 8.70. The molecule has 0 spiro atoms. The van der Waals surface area contributed by atoms with E-state index in [-0.39, 0.29) is 5.56 Å². The van der Waals surface area contributed by atoms with Crippen molar-refractivity contribution in [3.8, 4) is 11.5 Å². The van der Waals surface area contributed by atoms with Crippen molar-refractivity contribution >= 4 is 55.3 Å². The monoisotopic (exact) mass is 474 g/mol. The SMILES string of the molecule is CCOc1cc(C=c2sc3nc4ccccc4n3c2=O)c(Br)cc1OCC(=O)O. The van der Waals surface area contributed by atoms with Crippen LogP contribution in [0.3, 0.4) is 0 Å². The number of fused-ring (bicyclic) bond motifs is 3. The quantitative estimate of drug-likeness (QED) is 0.461. The maximum Gasteiger partial charge on any atom is 0.341 e. The van der Waals surface area contributed by atoms with Crippen molar-refractivity contribution in [2.24, 2.45) is 0 Å². The fourth-order valence-corrected chi connectivity index (χ4v) is 4.35. The third kappa shape index (κ3) is 3.70. The van der Waals surface area contributed by atoms with Crippen molar-refractivity contribution in [2.45, 2.75) is 6.92 Å². The Morgan fingerprint density at radius 3 is 2.79 bits per heavy atom. The summed E-state index contributed by atoms with van der Waals surface area (Å²) in [5.74, 6) is -0.362. The lowest BCUT2D eigenvalue weighted by Crippen LogP contribution is -2.22. The van der Waals surface area contributed by atoms with Crippen LogP contribution in [0.15, 0.2) is 45.7 Å². The first-order chi connectivity index (χ1) is 14.0. The van der Waals surface area contributed by atoms with Crippen LogP contribution in [0.4, 0.5) is 0 Å². The summed E-state index contributed by atoms with van der Waals surface area (Å²) in [5.41, 5.74) is 2.12. The summed E-state index contributed by atoms with van der Waals surface area (Å²) >= 11 is 4.77. The van der Waals surface area contributed by atoms with Gasteiger partial charge in [-0.25, -0.2) is 14.2 Å². The molecule has 0 amide bonds. The number of para-hydroxylation sites is 2. The van der Waals surface area contributed by atoms with E-state index in [0.717, 1.165) is 11.0 Å². The molecule has 0 atom stereocenters. The van der Waals surface area contributed by atoms with Crippen LogP contribution in [-0.2, 0) is 4.79 Å². The first kappa shape index (κ1) is 19.4. The fourth-order valence-electron chi connectivity index (χ4n) is 2.94. The summed E-state index contributed by atoms with van der Waals surface area (Å²) in [6.07, 6.45) is 1.75. The van der Waals surface area contributed by atoms with E-state index in [4.69, 9.17) is 14.6 Å². The lowest BCUT2D eigenvalue weighted by Gasteiger charge is -2.12. The van der Waals surface area contributed by atoms with Crippen LogP contribution in [0.2, 0.25) is 0 Å². The summed E-state index contributed by atoms with van der Waals surface area (Å²) in [6.45, 7) is 1.73. The van der Waals surface area contributed by atoms with Gasteiger partial charge in [0.2, 0.25) is 0 Å². The van der Waals surface area contributed by atoms with Gasteiger partial charge in [-0.2, -0.15) is 0 Å². The third-order valence-corrected chi connectivity index (χ3v) is 5.80. The number of halogens is 1. The summed E-state index contributed by atoms with van der Waals surface area (Å²) in [7, 11) is 0. The minimum absolute atomic E-state index is 0.144. The third-order valence-electron chi connectivity index (χ3n) is 4.15. The molecule has 148 valence electrons. The van der Waals surface area contributed by atoms with Gasteiger partial charge >= 0.3 is 5.97 Å². The van der Waals surface area contributed by atoms with Crippen LogP contribution in [0.1, 0.15) is 12.5 Å². The number of thiazole rings is 1.